The van der Waals surface area contributed by atoms with Gasteiger partial charge in [-0.1, -0.05) is 0 Å². The molecular formula is C21H32N8O9. The first-order chi connectivity index (χ1) is 17.8. The Morgan fingerprint density at radius 1 is 0.789 bits per heavy atom. The van der Waals surface area contributed by atoms with Crippen molar-refractivity contribution in [3.8, 4) is 0 Å². The van der Waals surface area contributed by atoms with Crippen molar-refractivity contribution >= 4 is 41.5 Å². The Kier molecular flexibility index (Phi) is 12.9. The Bertz CT molecular complexity index is 1010. The van der Waals surface area contributed by atoms with Gasteiger partial charge in [0.15, 0.2) is 0 Å². The fourth-order valence-corrected chi connectivity index (χ4v) is 3.16. The molecule has 1 aromatic heterocycles. The van der Waals surface area contributed by atoms with Gasteiger partial charge in [0.2, 0.25) is 29.5 Å². The first-order valence-electron chi connectivity index (χ1n) is 11.4. The minimum Gasteiger partial charge on any atom is -0.481 e. The summed E-state index contributed by atoms with van der Waals surface area (Å²) in [5.41, 5.74) is 16.3. The van der Waals surface area contributed by atoms with Crippen molar-refractivity contribution in [1.29, 1.82) is 0 Å². The van der Waals surface area contributed by atoms with Gasteiger partial charge >= 0.3 is 11.9 Å². The summed E-state index contributed by atoms with van der Waals surface area (Å²) in [6.07, 6.45) is 0.581. The highest BCUT2D eigenvalue weighted by atomic mass is 16.4. The summed E-state index contributed by atoms with van der Waals surface area (Å²) in [5.74, 6) is -6.97. The summed E-state index contributed by atoms with van der Waals surface area (Å²) >= 11 is 0. The molecule has 0 aliphatic carbocycles. The molecule has 210 valence electrons. The standard InChI is InChI=1S/C21H32N8O9/c22-11(1-6-17(32)33)18(34)27-12(2-4-15(23)30)19(35)28-13(3-5-16(24)31)20(36)29-14(21(37)38)7-10-8-25-9-26-10/h8-9,11-14H,1-7,22H2,(H2,23,30)(H2,24,31)(H,25,26)(H,27,34)(H,28,35)(H,29,36)(H,32,33)(H,37,38). The Hall–Kier alpha value is -4.54. The van der Waals surface area contributed by atoms with Crippen LogP contribution in [0.15, 0.2) is 12.5 Å². The lowest BCUT2D eigenvalue weighted by Crippen LogP contribution is -2.57. The number of rotatable bonds is 18. The van der Waals surface area contributed by atoms with Crippen molar-refractivity contribution in [1.82, 2.24) is 25.9 Å². The second-order valence-corrected chi connectivity index (χ2v) is 8.35. The second kappa shape index (κ2) is 15.5. The number of hydrogen-bond acceptors (Lipinski definition) is 9. The van der Waals surface area contributed by atoms with Crippen molar-refractivity contribution < 1.29 is 43.8 Å². The average Bonchev–Trinajstić information content (AvgIpc) is 3.34. The number of amides is 5. The molecule has 0 aliphatic rings. The predicted octanol–water partition coefficient (Wildman–Crippen LogP) is -3.79. The van der Waals surface area contributed by atoms with Gasteiger partial charge in [-0.25, -0.2) is 9.78 Å². The van der Waals surface area contributed by atoms with Crippen LogP contribution in [0.4, 0.5) is 0 Å². The van der Waals surface area contributed by atoms with Gasteiger partial charge < -0.3 is 48.3 Å². The van der Waals surface area contributed by atoms with Gasteiger partial charge in [0.25, 0.3) is 0 Å². The number of imidazole rings is 1. The van der Waals surface area contributed by atoms with Crippen LogP contribution in [-0.4, -0.2) is 85.8 Å². The molecule has 0 aromatic carbocycles. The number of primary amides is 2. The molecule has 0 bridgehead atoms. The van der Waals surface area contributed by atoms with E-state index < -0.39 is 72.1 Å². The molecule has 0 fully saturated rings. The SMILES string of the molecule is NC(=O)CCC(NC(=O)C(N)CCC(=O)O)C(=O)NC(CCC(N)=O)C(=O)NC(Cc1cnc[nH]1)C(=O)O. The van der Waals surface area contributed by atoms with E-state index >= 15 is 0 Å². The van der Waals surface area contributed by atoms with Gasteiger partial charge in [0.1, 0.15) is 18.1 Å². The fourth-order valence-electron chi connectivity index (χ4n) is 3.16. The number of carboxylic acids is 2. The molecule has 4 atom stereocenters. The van der Waals surface area contributed by atoms with E-state index in [0.29, 0.717) is 5.69 Å². The zero-order valence-electron chi connectivity index (χ0n) is 20.3. The van der Waals surface area contributed by atoms with Crippen LogP contribution in [0.5, 0.6) is 0 Å². The molecule has 17 heteroatoms. The highest BCUT2D eigenvalue weighted by Crippen LogP contribution is 2.06. The highest BCUT2D eigenvalue weighted by Gasteiger charge is 2.31. The summed E-state index contributed by atoms with van der Waals surface area (Å²) < 4.78 is 0. The molecule has 12 N–H and O–H groups in total. The summed E-state index contributed by atoms with van der Waals surface area (Å²) in [7, 11) is 0. The van der Waals surface area contributed by atoms with Crippen LogP contribution in [0.2, 0.25) is 0 Å². The van der Waals surface area contributed by atoms with Gasteiger partial charge in [-0.05, 0) is 19.3 Å². The monoisotopic (exact) mass is 540 g/mol. The lowest BCUT2D eigenvalue weighted by Gasteiger charge is -2.25. The quantitative estimate of drug-likeness (QED) is 0.0869. The number of aliphatic carboxylic acids is 2. The molecule has 5 amide bonds. The van der Waals surface area contributed by atoms with Crippen LogP contribution in [0, 0.1) is 0 Å². The predicted molar refractivity (Wildman–Crippen MR) is 127 cm³/mol. The van der Waals surface area contributed by atoms with E-state index in [2.05, 4.69) is 25.9 Å². The Morgan fingerprint density at radius 3 is 1.71 bits per heavy atom. The third kappa shape index (κ3) is 11.9. The van der Waals surface area contributed by atoms with Crippen molar-refractivity contribution in [3.05, 3.63) is 18.2 Å². The molecule has 17 nitrogen and oxygen atoms in total. The van der Waals surface area contributed by atoms with E-state index in [1.54, 1.807) is 0 Å². The molecular weight excluding hydrogens is 508 g/mol. The first kappa shape index (κ1) is 31.5. The molecule has 0 spiro atoms. The van der Waals surface area contributed by atoms with Crippen molar-refractivity contribution in [2.24, 2.45) is 17.2 Å². The first-order valence-corrected chi connectivity index (χ1v) is 11.4. The Balaban J connectivity index is 3.02. The second-order valence-electron chi connectivity index (χ2n) is 8.35. The van der Waals surface area contributed by atoms with Gasteiger partial charge in [-0.3, -0.25) is 28.8 Å². The summed E-state index contributed by atoms with van der Waals surface area (Å²) in [6.45, 7) is 0. The number of aromatic amines is 1. The van der Waals surface area contributed by atoms with E-state index in [1.807, 2.05) is 0 Å². The molecule has 1 rings (SSSR count). The Morgan fingerprint density at radius 2 is 1.29 bits per heavy atom. The van der Waals surface area contributed by atoms with Crippen molar-refractivity contribution in [3.63, 3.8) is 0 Å². The lowest BCUT2D eigenvalue weighted by molar-refractivity contribution is -0.142. The topological polar surface area (TPSA) is 303 Å². The third-order valence-electron chi connectivity index (χ3n) is 5.22. The maximum atomic E-state index is 13.0. The normalized spacial score (nSPS) is 13.8. The van der Waals surface area contributed by atoms with Gasteiger partial charge in [-0.2, -0.15) is 0 Å². The number of nitrogens with zero attached hydrogens (tertiary/aromatic N) is 1. The number of carbonyl (C=O) groups excluding carboxylic acids is 5. The van der Waals surface area contributed by atoms with Crippen LogP contribution in [0.25, 0.3) is 0 Å². The molecule has 1 aromatic rings. The van der Waals surface area contributed by atoms with Gasteiger partial charge in [0, 0.05) is 37.6 Å². The van der Waals surface area contributed by atoms with Gasteiger partial charge in [0.05, 0.1) is 12.4 Å². The third-order valence-corrected chi connectivity index (χ3v) is 5.22. The molecule has 38 heavy (non-hydrogen) atoms. The molecule has 0 saturated carbocycles. The number of carbonyl (C=O) groups is 7. The minimum atomic E-state index is -1.45. The Labute approximate surface area is 216 Å². The maximum absolute atomic E-state index is 13.0. The average molecular weight is 541 g/mol. The summed E-state index contributed by atoms with van der Waals surface area (Å²) in [4.78, 5) is 89.7. The summed E-state index contributed by atoms with van der Waals surface area (Å²) in [5, 5.41) is 25.1. The number of H-pyrrole nitrogens is 1. The van der Waals surface area contributed by atoms with E-state index in [0.717, 1.165) is 0 Å². The van der Waals surface area contributed by atoms with Crippen LogP contribution in [-0.2, 0) is 40.0 Å². The number of nitrogens with two attached hydrogens (primary N) is 3. The fraction of sp³-hybridized carbons (Fsp3) is 0.524. The highest BCUT2D eigenvalue weighted by molar-refractivity contribution is 5.94. The molecule has 0 radical (unpaired) electrons. The van der Waals surface area contributed by atoms with E-state index in [4.69, 9.17) is 22.3 Å². The van der Waals surface area contributed by atoms with Gasteiger partial charge in [-0.15, -0.1) is 0 Å². The largest absolute Gasteiger partial charge is 0.481 e. The molecule has 4 unspecified atom stereocenters. The van der Waals surface area contributed by atoms with Crippen LogP contribution in [0.1, 0.15) is 44.2 Å². The zero-order chi connectivity index (χ0) is 28.8. The number of nitrogens with one attached hydrogen (secondary N) is 4. The maximum Gasteiger partial charge on any atom is 0.326 e. The van der Waals surface area contributed by atoms with Crippen LogP contribution >= 0.6 is 0 Å². The number of carboxylic acid groups (broad SMARTS) is 2. The van der Waals surface area contributed by atoms with Crippen molar-refractivity contribution in [2.75, 3.05) is 0 Å². The van der Waals surface area contributed by atoms with Crippen molar-refractivity contribution in [2.45, 2.75) is 69.1 Å². The number of aromatic nitrogens is 2. The lowest BCUT2D eigenvalue weighted by atomic mass is 10.0. The summed E-state index contributed by atoms with van der Waals surface area (Å²) in [6, 6.07) is -5.58. The minimum absolute atomic E-state index is 0.164. The van der Waals surface area contributed by atoms with E-state index in [-0.39, 0.29) is 38.5 Å². The van der Waals surface area contributed by atoms with E-state index in [9.17, 15) is 38.7 Å². The van der Waals surface area contributed by atoms with Crippen LogP contribution < -0.4 is 33.2 Å². The molecule has 0 saturated heterocycles. The van der Waals surface area contributed by atoms with E-state index in [1.165, 1.54) is 12.5 Å². The van der Waals surface area contributed by atoms with Crippen LogP contribution in [0.3, 0.4) is 0 Å². The number of hydrogen-bond donors (Lipinski definition) is 9. The molecule has 1 heterocycles. The zero-order valence-corrected chi connectivity index (χ0v) is 20.3. The smallest absolute Gasteiger partial charge is 0.326 e. The molecule has 0 aliphatic heterocycles.